The average molecular weight is 297 g/mol. The Morgan fingerprint density at radius 2 is 1.57 bits per heavy atom. The Labute approximate surface area is 121 Å². The summed E-state index contributed by atoms with van der Waals surface area (Å²) in [6.45, 7) is 5.54. The van der Waals surface area contributed by atoms with Crippen molar-refractivity contribution in [2.75, 3.05) is 0 Å². The number of benzene rings is 2. The number of hydrogen-bond donors (Lipinski definition) is 1. The maximum absolute atomic E-state index is 13.0. The summed E-state index contributed by atoms with van der Waals surface area (Å²) in [7, 11) is 0. The molecular weight excluding hydrogens is 279 g/mol. The molecule has 2 N–H and O–H groups in total. The van der Waals surface area contributed by atoms with Gasteiger partial charge >= 0.3 is 6.18 Å². The van der Waals surface area contributed by atoms with Gasteiger partial charge in [-0.2, -0.15) is 13.2 Å². The molecule has 1 atom stereocenters. The third-order valence-electron chi connectivity index (χ3n) is 3.00. The summed E-state index contributed by atoms with van der Waals surface area (Å²) in [5.41, 5.74) is 4.91. The molecule has 0 aliphatic rings. The fourth-order valence-electron chi connectivity index (χ4n) is 2.19. The average Bonchev–Trinajstić information content (AvgIpc) is 2.34. The Morgan fingerprint density at radius 3 is 2.10 bits per heavy atom. The summed E-state index contributed by atoms with van der Waals surface area (Å²) in [5, 5.41) is 1.09. The van der Waals surface area contributed by atoms with Gasteiger partial charge in [0.1, 0.15) is 17.4 Å². The van der Waals surface area contributed by atoms with E-state index in [1.165, 1.54) is 6.07 Å². The predicted molar refractivity (Wildman–Crippen MR) is 77.3 cm³/mol. The van der Waals surface area contributed by atoms with Crippen molar-refractivity contribution < 1.29 is 17.9 Å². The van der Waals surface area contributed by atoms with Crippen LogP contribution < -0.4 is 10.5 Å². The van der Waals surface area contributed by atoms with Crippen molar-refractivity contribution in [2.45, 2.75) is 38.6 Å². The molecule has 0 unspecified atom stereocenters. The Bertz CT molecular complexity index is 639. The molecule has 0 radical (unpaired) electrons. The second kappa shape index (κ2) is 5.22. The van der Waals surface area contributed by atoms with Crippen molar-refractivity contribution in [3.8, 4) is 5.75 Å². The highest BCUT2D eigenvalue weighted by atomic mass is 19.4. The molecular formula is C16H18F3NO. The summed E-state index contributed by atoms with van der Waals surface area (Å²) in [4.78, 5) is 0. The normalized spacial score (nSPS) is 14.2. The van der Waals surface area contributed by atoms with Crippen molar-refractivity contribution in [1.29, 1.82) is 0 Å². The van der Waals surface area contributed by atoms with Gasteiger partial charge in [-0.1, -0.05) is 30.3 Å². The van der Waals surface area contributed by atoms with Gasteiger partial charge in [0.2, 0.25) is 0 Å². The van der Waals surface area contributed by atoms with Gasteiger partial charge in [-0.05, 0) is 37.8 Å². The van der Waals surface area contributed by atoms with Gasteiger partial charge in [0.15, 0.2) is 0 Å². The van der Waals surface area contributed by atoms with Crippen LogP contribution in [0.2, 0.25) is 0 Å². The quantitative estimate of drug-likeness (QED) is 0.880. The van der Waals surface area contributed by atoms with Crippen LogP contribution in [0.4, 0.5) is 13.2 Å². The number of nitrogens with two attached hydrogens (primary N) is 1. The van der Waals surface area contributed by atoms with Crippen LogP contribution in [0.25, 0.3) is 10.8 Å². The van der Waals surface area contributed by atoms with E-state index in [0.29, 0.717) is 16.5 Å². The monoisotopic (exact) mass is 297 g/mol. The van der Waals surface area contributed by atoms with Gasteiger partial charge in [0.25, 0.3) is 0 Å². The highest BCUT2D eigenvalue weighted by Gasteiger charge is 2.39. The molecule has 0 saturated carbocycles. The maximum atomic E-state index is 13.0. The molecule has 0 saturated heterocycles. The van der Waals surface area contributed by atoms with Crippen LogP contribution in [0, 0.1) is 0 Å². The summed E-state index contributed by atoms with van der Waals surface area (Å²) < 4.78 is 44.7. The molecule has 21 heavy (non-hydrogen) atoms. The van der Waals surface area contributed by atoms with E-state index >= 15 is 0 Å². The zero-order valence-corrected chi connectivity index (χ0v) is 12.2. The summed E-state index contributed by atoms with van der Waals surface area (Å²) in [6, 6.07) is 7.85. The van der Waals surface area contributed by atoms with E-state index in [1.54, 1.807) is 30.3 Å². The number of halogens is 3. The molecule has 0 bridgehead atoms. The molecule has 0 aromatic heterocycles. The van der Waals surface area contributed by atoms with Gasteiger partial charge in [0, 0.05) is 5.39 Å². The SMILES string of the molecule is CC(C)(C)Oc1cccc2cccc([C@H](N)C(F)(F)F)c12. The van der Waals surface area contributed by atoms with Crippen molar-refractivity contribution in [3.63, 3.8) is 0 Å². The van der Waals surface area contributed by atoms with E-state index in [1.807, 2.05) is 20.8 Å². The number of ether oxygens (including phenoxy) is 1. The zero-order valence-electron chi connectivity index (χ0n) is 12.2. The van der Waals surface area contributed by atoms with Crippen LogP contribution in [0.5, 0.6) is 5.75 Å². The molecule has 5 heteroatoms. The molecule has 0 fully saturated rings. The first-order chi connectivity index (χ1) is 9.59. The van der Waals surface area contributed by atoms with Crippen LogP contribution in [-0.2, 0) is 0 Å². The van der Waals surface area contributed by atoms with Crippen LogP contribution in [0.3, 0.4) is 0 Å². The van der Waals surface area contributed by atoms with Crippen molar-refractivity contribution in [2.24, 2.45) is 5.73 Å². The van der Waals surface area contributed by atoms with Crippen molar-refractivity contribution >= 4 is 10.8 Å². The Kier molecular flexibility index (Phi) is 3.89. The molecule has 0 aliphatic heterocycles. The van der Waals surface area contributed by atoms with Gasteiger partial charge in [-0.3, -0.25) is 0 Å². The summed E-state index contributed by atoms with van der Waals surface area (Å²) >= 11 is 0. The number of hydrogen-bond acceptors (Lipinski definition) is 2. The third kappa shape index (κ3) is 3.47. The fraction of sp³-hybridized carbons (Fsp3) is 0.375. The summed E-state index contributed by atoms with van der Waals surface area (Å²) in [6.07, 6.45) is -4.50. The minimum Gasteiger partial charge on any atom is -0.487 e. The van der Waals surface area contributed by atoms with E-state index < -0.39 is 17.8 Å². The van der Waals surface area contributed by atoms with Crippen LogP contribution >= 0.6 is 0 Å². The minimum absolute atomic E-state index is 0.0276. The molecule has 2 rings (SSSR count). The molecule has 0 spiro atoms. The number of fused-ring (bicyclic) bond motifs is 1. The van der Waals surface area contributed by atoms with Crippen LogP contribution in [-0.4, -0.2) is 11.8 Å². The highest BCUT2D eigenvalue weighted by Crippen LogP contribution is 2.38. The third-order valence-corrected chi connectivity index (χ3v) is 3.00. The lowest BCUT2D eigenvalue weighted by Gasteiger charge is -2.25. The Hall–Kier alpha value is -1.75. The topological polar surface area (TPSA) is 35.2 Å². The summed E-state index contributed by atoms with van der Waals surface area (Å²) in [5.74, 6) is 0.412. The number of alkyl halides is 3. The van der Waals surface area contributed by atoms with Gasteiger partial charge in [-0.25, -0.2) is 0 Å². The lowest BCUT2D eigenvalue weighted by atomic mass is 9.98. The van der Waals surface area contributed by atoms with Gasteiger partial charge in [-0.15, -0.1) is 0 Å². The van der Waals surface area contributed by atoms with E-state index in [0.717, 1.165) is 0 Å². The van der Waals surface area contributed by atoms with Crippen molar-refractivity contribution in [3.05, 3.63) is 42.0 Å². The van der Waals surface area contributed by atoms with Gasteiger partial charge < -0.3 is 10.5 Å². The van der Waals surface area contributed by atoms with E-state index in [2.05, 4.69) is 0 Å². The second-order valence-corrected chi connectivity index (χ2v) is 5.94. The first-order valence-corrected chi connectivity index (χ1v) is 6.62. The zero-order chi connectivity index (χ0) is 15.8. The van der Waals surface area contributed by atoms with Gasteiger partial charge in [0.05, 0.1) is 0 Å². The van der Waals surface area contributed by atoms with E-state index in [-0.39, 0.29) is 5.56 Å². The van der Waals surface area contributed by atoms with Crippen LogP contribution in [0.15, 0.2) is 36.4 Å². The number of rotatable bonds is 2. The minimum atomic E-state index is -4.50. The highest BCUT2D eigenvalue weighted by molar-refractivity contribution is 5.91. The largest absolute Gasteiger partial charge is 0.487 e. The second-order valence-electron chi connectivity index (χ2n) is 5.94. The smallest absolute Gasteiger partial charge is 0.407 e. The molecule has 0 heterocycles. The Morgan fingerprint density at radius 1 is 1.00 bits per heavy atom. The standard InChI is InChI=1S/C16H18F3NO/c1-15(2,3)21-12-9-5-7-10-6-4-8-11(13(10)12)14(20)16(17,18)19/h4-9,14H,20H2,1-3H3/t14-/m0/s1. The molecule has 0 aliphatic carbocycles. The molecule has 0 amide bonds. The maximum Gasteiger partial charge on any atom is 0.407 e. The lowest BCUT2D eigenvalue weighted by Crippen LogP contribution is -2.29. The Balaban J connectivity index is 2.67. The molecule has 2 aromatic rings. The van der Waals surface area contributed by atoms with Crippen molar-refractivity contribution in [1.82, 2.24) is 0 Å². The molecule has 114 valence electrons. The van der Waals surface area contributed by atoms with Crippen LogP contribution in [0.1, 0.15) is 32.4 Å². The van der Waals surface area contributed by atoms with E-state index in [4.69, 9.17) is 10.5 Å². The fourth-order valence-corrected chi connectivity index (χ4v) is 2.19. The van der Waals surface area contributed by atoms with E-state index in [9.17, 15) is 13.2 Å². The first-order valence-electron chi connectivity index (χ1n) is 6.62. The predicted octanol–water partition coefficient (Wildman–Crippen LogP) is 4.58. The molecule has 2 aromatic carbocycles. The lowest BCUT2D eigenvalue weighted by molar-refractivity contribution is -0.148. The molecule has 2 nitrogen and oxygen atoms in total. The first kappa shape index (κ1) is 15.6.